The maximum atomic E-state index is 13.0. The lowest BCUT2D eigenvalue weighted by molar-refractivity contribution is -0.0761. The second-order valence-corrected chi connectivity index (χ2v) is 4.35. The number of halogens is 1. The van der Waals surface area contributed by atoms with Gasteiger partial charge in [0.25, 0.3) is 0 Å². The van der Waals surface area contributed by atoms with Crippen LogP contribution in [0.15, 0.2) is 0 Å². The van der Waals surface area contributed by atoms with Gasteiger partial charge in [-0.15, -0.1) is 0 Å². The van der Waals surface area contributed by atoms with E-state index in [0.717, 1.165) is 13.1 Å². The average Bonchev–Trinajstić information content (AvgIpc) is 2.04. The first-order chi connectivity index (χ1) is 5.96. The van der Waals surface area contributed by atoms with E-state index in [1.54, 1.807) is 0 Å². The van der Waals surface area contributed by atoms with E-state index < -0.39 is 11.8 Å². The molecule has 1 fully saturated rings. The molecule has 2 nitrogen and oxygen atoms in total. The van der Waals surface area contributed by atoms with Gasteiger partial charge in [0, 0.05) is 19.1 Å². The van der Waals surface area contributed by atoms with Gasteiger partial charge in [0.2, 0.25) is 0 Å². The average molecular weight is 189 g/mol. The fourth-order valence-electron chi connectivity index (χ4n) is 1.83. The second kappa shape index (κ2) is 3.93. The summed E-state index contributed by atoms with van der Waals surface area (Å²) in [5.41, 5.74) is -1.06. The van der Waals surface area contributed by atoms with Crippen LogP contribution in [0.4, 0.5) is 4.39 Å². The van der Waals surface area contributed by atoms with Gasteiger partial charge in [-0.3, -0.25) is 0 Å². The maximum Gasteiger partial charge on any atom is 0.126 e. The molecular formula is C10H20FNO. The van der Waals surface area contributed by atoms with E-state index in [1.165, 1.54) is 6.92 Å². The summed E-state index contributed by atoms with van der Waals surface area (Å²) in [5.74, 6) is 0. The molecule has 1 atom stereocenters. The third-order valence-electron chi connectivity index (χ3n) is 3.13. The van der Waals surface area contributed by atoms with E-state index in [0.29, 0.717) is 18.9 Å². The molecule has 1 aliphatic rings. The van der Waals surface area contributed by atoms with Crippen molar-refractivity contribution in [2.75, 3.05) is 13.1 Å². The number of hydrogen-bond donors (Lipinski definition) is 1. The SMILES string of the molecule is CC(C)N1CCC(O)(C(C)F)CC1. The van der Waals surface area contributed by atoms with Crippen LogP contribution in [0, 0.1) is 0 Å². The highest BCUT2D eigenvalue weighted by molar-refractivity contribution is 4.90. The summed E-state index contributed by atoms with van der Waals surface area (Å²) in [5, 5.41) is 9.85. The predicted molar refractivity (Wildman–Crippen MR) is 51.5 cm³/mol. The number of alkyl halides is 1. The van der Waals surface area contributed by atoms with Crippen molar-refractivity contribution in [3.63, 3.8) is 0 Å². The van der Waals surface area contributed by atoms with E-state index in [9.17, 15) is 9.50 Å². The van der Waals surface area contributed by atoms with Crippen molar-refractivity contribution in [3.8, 4) is 0 Å². The maximum absolute atomic E-state index is 13.0. The molecule has 13 heavy (non-hydrogen) atoms. The summed E-state index contributed by atoms with van der Waals surface area (Å²) >= 11 is 0. The lowest BCUT2D eigenvalue weighted by Gasteiger charge is -2.40. The number of nitrogens with zero attached hydrogens (tertiary/aromatic N) is 1. The highest BCUT2D eigenvalue weighted by Crippen LogP contribution is 2.28. The van der Waals surface area contributed by atoms with Crippen LogP contribution < -0.4 is 0 Å². The van der Waals surface area contributed by atoms with Gasteiger partial charge in [0.05, 0.1) is 5.60 Å². The molecule has 0 aromatic carbocycles. The molecule has 0 aliphatic carbocycles. The Morgan fingerprint density at radius 1 is 1.23 bits per heavy atom. The van der Waals surface area contributed by atoms with Gasteiger partial charge in [0.15, 0.2) is 0 Å². The van der Waals surface area contributed by atoms with Crippen LogP contribution in [0.1, 0.15) is 33.6 Å². The minimum absolute atomic E-state index is 0.500. The fourth-order valence-corrected chi connectivity index (χ4v) is 1.83. The number of hydrogen-bond acceptors (Lipinski definition) is 2. The van der Waals surface area contributed by atoms with Crippen LogP contribution in [0.2, 0.25) is 0 Å². The van der Waals surface area contributed by atoms with Gasteiger partial charge in [-0.25, -0.2) is 4.39 Å². The van der Waals surface area contributed by atoms with Gasteiger partial charge in [-0.05, 0) is 33.6 Å². The highest BCUT2D eigenvalue weighted by atomic mass is 19.1. The lowest BCUT2D eigenvalue weighted by Crippen LogP contribution is -2.50. The molecule has 3 heteroatoms. The van der Waals surface area contributed by atoms with Crippen molar-refractivity contribution < 1.29 is 9.50 Å². The second-order valence-electron chi connectivity index (χ2n) is 4.35. The summed E-state index contributed by atoms with van der Waals surface area (Å²) < 4.78 is 13.0. The van der Waals surface area contributed by atoms with Gasteiger partial charge in [0.1, 0.15) is 6.17 Å². The molecule has 1 rings (SSSR count). The molecule has 0 saturated carbocycles. The van der Waals surface area contributed by atoms with Crippen LogP contribution in [-0.4, -0.2) is 40.9 Å². The normalized spacial score (nSPS) is 26.3. The molecule has 1 aliphatic heterocycles. The van der Waals surface area contributed by atoms with E-state index in [2.05, 4.69) is 18.7 Å². The minimum Gasteiger partial charge on any atom is -0.387 e. The van der Waals surface area contributed by atoms with Gasteiger partial charge in [-0.2, -0.15) is 0 Å². The number of likely N-dealkylation sites (tertiary alicyclic amines) is 1. The summed E-state index contributed by atoms with van der Waals surface area (Å²) in [6, 6.07) is 0.500. The molecule has 0 radical (unpaired) electrons. The van der Waals surface area contributed by atoms with Crippen molar-refractivity contribution in [1.29, 1.82) is 0 Å². The predicted octanol–water partition coefficient (Wildman–Crippen LogP) is 1.58. The summed E-state index contributed by atoms with van der Waals surface area (Å²) in [4.78, 5) is 2.27. The van der Waals surface area contributed by atoms with E-state index in [1.807, 2.05) is 0 Å². The Balaban J connectivity index is 2.47. The van der Waals surface area contributed by atoms with Crippen LogP contribution in [0.25, 0.3) is 0 Å². The molecule has 1 N–H and O–H groups in total. The first-order valence-corrected chi connectivity index (χ1v) is 5.06. The van der Waals surface area contributed by atoms with Crippen LogP contribution in [0.3, 0.4) is 0 Å². The Labute approximate surface area is 79.7 Å². The van der Waals surface area contributed by atoms with E-state index in [4.69, 9.17) is 0 Å². The molecule has 0 spiro atoms. The summed E-state index contributed by atoms with van der Waals surface area (Å²) in [7, 11) is 0. The third-order valence-corrected chi connectivity index (χ3v) is 3.13. The van der Waals surface area contributed by atoms with E-state index >= 15 is 0 Å². The third kappa shape index (κ3) is 2.41. The van der Waals surface area contributed by atoms with Crippen molar-refractivity contribution >= 4 is 0 Å². The number of aliphatic hydroxyl groups is 1. The molecule has 1 saturated heterocycles. The lowest BCUT2D eigenvalue weighted by atomic mass is 9.87. The van der Waals surface area contributed by atoms with Crippen LogP contribution in [-0.2, 0) is 0 Å². The van der Waals surface area contributed by atoms with Crippen molar-refractivity contribution in [3.05, 3.63) is 0 Å². The summed E-state index contributed by atoms with van der Waals surface area (Å²) in [6.45, 7) is 7.32. The van der Waals surface area contributed by atoms with Gasteiger partial charge < -0.3 is 10.0 Å². The smallest absolute Gasteiger partial charge is 0.126 e. The van der Waals surface area contributed by atoms with Crippen molar-refractivity contribution in [2.45, 2.75) is 51.4 Å². The monoisotopic (exact) mass is 189 g/mol. The molecule has 1 heterocycles. The fraction of sp³-hybridized carbons (Fsp3) is 1.00. The Hall–Kier alpha value is -0.150. The first-order valence-electron chi connectivity index (χ1n) is 5.06. The quantitative estimate of drug-likeness (QED) is 0.713. The summed E-state index contributed by atoms with van der Waals surface area (Å²) in [6.07, 6.45) is 0.00733. The van der Waals surface area contributed by atoms with Gasteiger partial charge in [-0.1, -0.05) is 0 Å². The molecule has 0 aromatic rings. The topological polar surface area (TPSA) is 23.5 Å². The highest BCUT2D eigenvalue weighted by Gasteiger charge is 2.37. The Kier molecular flexibility index (Phi) is 3.30. The molecular weight excluding hydrogens is 169 g/mol. The Bertz CT molecular complexity index is 162. The zero-order chi connectivity index (χ0) is 10.1. The standard InChI is InChI=1S/C10H20FNO/c1-8(2)12-6-4-10(13,5-7-12)9(3)11/h8-9,13H,4-7H2,1-3H3. The van der Waals surface area contributed by atoms with E-state index in [-0.39, 0.29) is 0 Å². The molecule has 0 amide bonds. The molecule has 0 aromatic heterocycles. The number of piperidine rings is 1. The van der Waals surface area contributed by atoms with Crippen LogP contribution >= 0.6 is 0 Å². The number of rotatable bonds is 2. The van der Waals surface area contributed by atoms with Gasteiger partial charge >= 0.3 is 0 Å². The molecule has 78 valence electrons. The van der Waals surface area contributed by atoms with Crippen molar-refractivity contribution in [2.24, 2.45) is 0 Å². The molecule has 1 unspecified atom stereocenters. The zero-order valence-corrected chi connectivity index (χ0v) is 8.76. The Morgan fingerprint density at radius 3 is 2.00 bits per heavy atom. The zero-order valence-electron chi connectivity index (χ0n) is 8.76. The first kappa shape index (κ1) is 10.9. The Morgan fingerprint density at radius 2 is 1.69 bits per heavy atom. The minimum atomic E-state index is -1.11. The largest absolute Gasteiger partial charge is 0.387 e. The molecule has 0 bridgehead atoms. The van der Waals surface area contributed by atoms with Crippen LogP contribution in [0.5, 0.6) is 0 Å². The van der Waals surface area contributed by atoms with Crippen molar-refractivity contribution in [1.82, 2.24) is 4.90 Å².